The molecule has 2 aliphatic carbocycles. The molecule has 12 aromatic carbocycles. The third kappa shape index (κ3) is 5.43. The van der Waals surface area contributed by atoms with Gasteiger partial charge >= 0.3 is 0 Å². The molecule has 0 heterocycles. The number of rotatable bonds is 4. The minimum absolute atomic E-state index is 0.0620. The topological polar surface area (TPSA) is 0 Å². The van der Waals surface area contributed by atoms with Crippen molar-refractivity contribution in [3.8, 4) is 66.8 Å². The fourth-order valence-electron chi connectivity index (χ4n) is 12.8. The quantitative estimate of drug-likeness (QED) is 0.155. The van der Waals surface area contributed by atoms with Crippen LogP contribution in [-0.4, -0.2) is 0 Å². The zero-order valence-corrected chi connectivity index (χ0v) is 38.8. The van der Waals surface area contributed by atoms with Gasteiger partial charge in [-0.1, -0.05) is 222 Å². The normalized spacial score (nSPS) is 14.1. The van der Waals surface area contributed by atoms with Gasteiger partial charge in [-0.25, -0.2) is 0 Å². The third-order valence-corrected chi connectivity index (χ3v) is 16.0. The molecule has 0 atom stereocenters. The van der Waals surface area contributed by atoms with Crippen molar-refractivity contribution < 1.29 is 0 Å². The van der Waals surface area contributed by atoms with Crippen LogP contribution in [0.25, 0.3) is 121 Å². The lowest BCUT2D eigenvalue weighted by Gasteiger charge is -2.23. The van der Waals surface area contributed by atoms with Gasteiger partial charge in [-0.3, -0.25) is 0 Å². The van der Waals surface area contributed by atoms with Gasteiger partial charge in [0.2, 0.25) is 0 Å². The van der Waals surface area contributed by atoms with Crippen molar-refractivity contribution in [1.82, 2.24) is 0 Å². The molecule has 0 saturated heterocycles. The summed E-state index contributed by atoms with van der Waals surface area (Å²) >= 11 is 0. The molecule has 0 saturated carbocycles. The van der Waals surface area contributed by atoms with E-state index in [-0.39, 0.29) is 10.8 Å². The standard InChI is InChI=1S/C68H48/c1-67(2)60-28-16-14-20-48(60)57-38-45(33-36-61(57)67)64-54-25-11-12-26-55(54)66(43-30-29-41-17-5-6-18-42(41)37-43)58-39-44(32-35-56(58)64)63-50-21-7-9-23-52(50)65(53-24-10-8-22-51(53)63)46-31-34-49-47-19-13-15-27-59(47)68(3,4)62(49)40-46/h5-40H,1-4H3. The summed E-state index contributed by atoms with van der Waals surface area (Å²) in [7, 11) is 0. The van der Waals surface area contributed by atoms with Crippen molar-refractivity contribution in [1.29, 1.82) is 0 Å². The zero-order valence-electron chi connectivity index (χ0n) is 38.8. The minimum atomic E-state index is -0.0920. The molecule has 0 aromatic heterocycles. The first-order valence-electron chi connectivity index (χ1n) is 24.2. The largest absolute Gasteiger partial charge is 0.0619 e. The molecular formula is C68H48. The Morgan fingerprint density at radius 1 is 0.221 bits per heavy atom. The molecule has 2 aliphatic rings. The molecule has 0 bridgehead atoms. The summed E-state index contributed by atoms with van der Waals surface area (Å²) in [4.78, 5) is 0. The number of hydrogen-bond acceptors (Lipinski definition) is 0. The second kappa shape index (κ2) is 14.2. The van der Waals surface area contributed by atoms with Gasteiger partial charge in [-0.15, -0.1) is 0 Å². The lowest BCUT2D eigenvalue weighted by Crippen LogP contribution is -2.14. The van der Waals surface area contributed by atoms with Crippen LogP contribution >= 0.6 is 0 Å². The summed E-state index contributed by atoms with van der Waals surface area (Å²) < 4.78 is 0. The molecule has 68 heavy (non-hydrogen) atoms. The minimum Gasteiger partial charge on any atom is -0.0619 e. The second-order valence-electron chi connectivity index (χ2n) is 20.3. The molecule has 0 fully saturated rings. The SMILES string of the molecule is CC1(C)c2ccccc2-c2cc(-c3c4ccccc4c(-c4ccc5ccccc5c4)c4cc(-c5c6ccccc6c(-c6ccc7c(c6)C(C)(C)c6ccccc6-7)c6ccccc56)ccc34)ccc21. The van der Waals surface area contributed by atoms with E-state index in [0.717, 1.165) is 0 Å². The highest BCUT2D eigenvalue weighted by molar-refractivity contribution is 6.25. The molecule has 320 valence electrons. The number of hydrogen-bond donors (Lipinski definition) is 0. The van der Waals surface area contributed by atoms with Gasteiger partial charge in [0.25, 0.3) is 0 Å². The van der Waals surface area contributed by atoms with E-state index in [1.165, 1.54) is 143 Å². The average molecular weight is 865 g/mol. The van der Waals surface area contributed by atoms with Gasteiger partial charge in [0.1, 0.15) is 0 Å². The molecule has 12 aromatic rings. The summed E-state index contributed by atoms with van der Waals surface area (Å²) in [6.07, 6.45) is 0. The van der Waals surface area contributed by atoms with Gasteiger partial charge in [0.15, 0.2) is 0 Å². The van der Waals surface area contributed by atoms with Crippen LogP contribution in [0.5, 0.6) is 0 Å². The lowest BCUT2D eigenvalue weighted by atomic mass is 9.80. The molecule has 0 amide bonds. The van der Waals surface area contributed by atoms with E-state index in [9.17, 15) is 0 Å². The van der Waals surface area contributed by atoms with Gasteiger partial charge in [-0.2, -0.15) is 0 Å². The third-order valence-electron chi connectivity index (χ3n) is 16.0. The van der Waals surface area contributed by atoms with Crippen LogP contribution in [-0.2, 0) is 10.8 Å². The van der Waals surface area contributed by atoms with Crippen molar-refractivity contribution >= 4 is 53.9 Å². The van der Waals surface area contributed by atoms with Gasteiger partial charge < -0.3 is 0 Å². The van der Waals surface area contributed by atoms with E-state index in [2.05, 4.69) is 246 Å². The molecule has 0 unspecified atom stereocenters. The van der Waals surface area contributed by atoms with Gasteiger partial charge in [-0.05, 0) is 167 Å². The summed E-state index contributed by atoms with van der Waals surface area (Å²) in [6.45, 7) is 9.50. The first-order chi connectivity index (χ1) is 33.3. The van der Waals surface area contributed by atoms with Crippen molar-refractivity contribution in [3.63, 3.8) is 0 Å². The first kappa shape index (κ1) is 39.1. The summed E-state index contributed by atoms with van der Waals surface area (Å²) in [6, 6.07) is 82.9. The maximum Gasteiger partial charge on any atom is 0.0159 e. The van der Waals surface area contributed by atoms with Crippen LogP contribution in [0, 0.1) is 0 Å². The molecular weight excluding hydrogens is 817 g/mol. The number of fused-ring (bicyclic) bond motifs is 11. The molecule has 14 rings (SSSR count). The monoisotopic (exact) mass is 864 g/mol. The Morgan fingerprint density at radius 3 is 1.19 bits per heavy atom. The highest BCUT2D eigenvalue weighted by atomic mass is 14.4. The molecule has 0 radical (unpaired) electrons. The Morgan fingerprint density at radius 2 is 0.588 bits per heavy atom. The molecule has 0 nitrogen and oxygen atoms in total. The van der Waals surface area contributed by atoms with Crippen molar-refractivity contribution in [2.45, 2.75) is 38.5 Å². The average Bonchev–Trinajstić information content (AvgIpc) is 3.75. The fraction of sp³-hybridized carbons (Fsp3) is 0.0882. The van der Waals surface area contributed by atoms with E-state index in [1.54, 1.807) is 0 Å². The Bertz CT molecular complexity index is 4080. The smallest absolute Gasteiger partial charge is 0.0159 e. The highest BCUT2D eigenvalue weighted by Gasteiger charge is 2.37. The fourth-order valence-corrected chi connectivity index (χ4v) is 12.8. The van der Waals surface area contributed by atoms with E-state index in [1.807, 2.05) is 0 Å². The Labute approximate surface area is 397 Å². The van der Waals surface area contributed by atoms with Crippen LogP contribution in [0.4, 0.5) is 0 Å². The van der Waals surface area contributed by atoms with Crippen LogP contribution in [0.1, 0.15) is 49.9 Å². The van der Waals surface area contributed by atoms with Gasteiger partial charge in [0.05, 0.1) is 0 Å². The molecule has 0 spiro atoms. The molecule has 0 aliphatic heterocycles. The highest BCUT2D eigenvalue weighted by Crippen LogP contribution is 2.54. The maximum absolute atomic E-state index is 2.52. The Kier molecular flexibility index (Phi) is 8.19. The van der Waals surface area contributed by atoms with E-state index in [4.69, 9.17) is 0 Å². The van der Waals surface area contributed by atoms with Crippen LogP contribution < -0.4 is 0 Å². The lowest BCUT2D eigenvalue weighted by molar-refractivity contribution is 0.660. The zero-order chi connectivity index (χ0) is 45.5. The predicted octanol–water partition coefficient (Wildman–Crippen LogP) is 18.7. The first-order valence-corrected chi connectivity index (χ1v) is 24.2. The number of benzene rings is 12. The van der Waals surface area contributed by atoms with Crippen molar-refractivity contribution in [2.24, 2.45) is 0 Å². The summed E-state index contributed by atoms with van der Waals surface area (Å²) in [5, 5.41) is 12.6. The molecule has 0 heteroatoms. The Balaban J connectivity index is 1.05. The molecule has 0 N–H and O–H groups in total. The van der Waals surface area contributed by atoms with Crippen LogP contribution in [0.2, 0.25) is 0 Å². The summed E-state index contributed by atoms with van der Waals surface area (Å²) in [5.41, 5.74) is 20.9. The Hall–Kier alpha value is -8.06. The van der Waals surface area contributed by atoms with Crippen LogP contribution in [0.3, 0.4) is 0 Å². The summed E-state index contributed by atoms with van der Waals surface area (Å²) in [5.74, 6) is 0. The maximum atomic E-state index is 2.52. The van der Waals surface area contributed by atoms with Gasteiger partial charge in [0, 0.05) is 10.8 Å². The predicted molar refractivity (Wildman–Crippen MR) is 291 cm³/mol. The van der Waals surface area contributed by atoms with E-state index < -0.39 is 0 Å². The van der Waals surface area contributed by atoms with Crippen molar-refractivity contribution in [3.05, 3.63) is 241 Å². The van der Waals surface area contributed by atoms with E-state index in [0.29, 0.717) is 0 Å². The van der Waals surface area contributed by atoms with Crippen molar-refractivity contribution in [2.75, 3.05) is 0 Å². The van der Waals surface area contributed by atoms with Crippen LogP contribution in [0.15, 0.2) is 218 Å². The second-order valence-corrected chi connectivity index (χ2v) is 20.3. The van der Waals surface area contributed by atoms with E-state index >= 15 is 0 Å².